The standard InChI is InChI=1S/C22H21.C3H6.2ClH.Zr/c1-22(2,3)20-14-16-9-5-7-11-18(16)21(20)19-13-12-15-8-4-6-10-17(15)19;1-3-2;;;/h4-12,14,19,21H,1-3H3;1-2H3;2*1H;/q-1;;;;+2/p-2. The number of benzene rings is 2. The summed E-state index contributed by atoms with van der Waals surface area (Å²) in [5, 5.41) is 0. The van der Waals surface area contributed by atoms with Crippen molar-refractivity contribution in [2.24, 2.45) is 5.41 Å². The molecule has 0 nitrogen and oxygen atoms in total. The Morgan fingerprint density at radius 2 is 1.36 bits per heavy atom. The molecule has 28 heavy (non-hydrogen) atoms. The van der Waals surface area contributed by atoms with E-state index in [2.05, 4.69) is 101 Å². The van der Waals surface area contributed by atoms with Crippen LogP contribution in [0, 0.1) is 11.5 Å². The molecule has 2 atom stereocenters. The number of hydrogen-bond acceptors (Lipinski definition) is 0. The van der Waals surface area contributed by atoms with Crippen LogP contribution < -0.4 is 24.8 Å². The quantitative estimate of drug-likeness (QED) is 0.515. The molecule has 0 aromatic heterocycles. The van der Waals surface area contributed by atoms with Crippen LogP contribution in [0.4, 0.5) is 0 Å². The molecule has 2 aliphatic rings. The minimum atomic E-state index is 0. The van der Waals surface area contributed by atoms with Crippen LogP contribution in [0.25, 0.3) is 12.2 Å². The number of fused-ring (bicyclic) bond motifs is 2. The van der Waals surface area contributed by atoms with Gasteiger partial charge in [0.25, 0.3) is 0 Å². The summed E-state index contributed by atoms with van der Waals surface area (Å²) in [6.45, 7) is 11.2. The van der Waals surface area contributed by atoms with Gasteiger partial charge in [-0.2, -0.15) is 5.56 Å². The van der Waals surface area contributed by atoms with E-state index in [9.17, 15) is 0 Å². The van der Waals surface area contributed by atoms with Gasteiger partial charge in [0.2, 0.25) is 0 Å². The Morgan fingerprint density at radius 3 is 1.93 bits per heavy atom. The van der Waals surface area contributed by atoms with Crippen LogP contribution in [-0.2, 0) is 24.2 Å². The first kappa shape index (κ1) is 25.3. The molecule has 0 aliphatic heterocycles. The molecule has 0 spiro atoms. The van der Waals surface area contributed by atoms with Crippen molar-refractivity contribution in [1.82, 2.24) is 0 Å². The largest absolute Gasteiger partial charge is 1.00 e. The second-order valence-corrected chi connectivity index (χ2v) is 10.8. The molecule has 2 aromatic carbocycles. The summed E-state index contributed by atoms with van der Waals surface area (Å²) >= 11 is 1.55. The average molecular weight is 490 g/mol. The van der Waals surface area contributed by atoms with Crippen LogP contribution in [0.15, 0.2) is 54.1 Å². The van der Waals surface area contributed by atoms with E-state index in [1.807, 2.05) is 0 Å². The van der Waals surface area contributed by atoms with Crippen LogP contribution in [0.1, 0.15) is 68.7 Å². The van der Waals surface area contributed by atoms with E-state index in [1.165, 1.54) is 31.0 Å². The predicted molar refractivity (Wildman–Crippen MR) is 110 cm³/mol. The molecule has 146 valence electrons. The molecule has 2 aromatic rings. The Balaban J connectivity index is 0.000000601. The first-order valence-electron chi connectivity index (χ1n) is 9.30. The summed E-state index contributed by atoms with van der Waals surface area (Å²) < 4.78 is 1.51. The molecular weight excluding hydrogens is 462 g/mol. The first-order chi connectivity index (χ1) is 12.3. The molecule has 2 aliphatic carbocycles. The third-order valence-corrected chi connectivity index (χ3v) is 4.93. The molecule has 0 bridgehead atoms. The maximum absolute atomic E-state index is 3.64. The van der Waals surface area contributed by atoms with E-state index in [0.717, 1.165) is 0 Å². The summed E-state index contributed by atoms with van der Waals surface area (Å²) in [7, 11) is 0. The number of halogens is 2. The van der Waals surface area contributed by atoms with Crippen molar-refractivity contribution in [1.29, 1.82) is 0 Å². The molecule has 3 heteroatoms. The summed E-state index contributed by atoms with van der Waals surface area (Å²) in [4.78, 5) is 0. The summed E-state index contributed by atoms with van der Waals surface area (Å²) in [6, 6.07) is 17.6. The normalized spacial score (nSPS) is 18.6. The zero-order chi connectivity index (χ0) is 18.9. The molecule has 0 N–H and O–H groups in total. The summed E-state index contributed by atoms with van der Waals surface area (Å²) in [5.74, 6) is 0.751. The minimum absolute atomic E-state index is 0. The number of allylic oxidation sites excluding steroid dienone is 2. The molecule has 0 heterocycles. The van der Waals surface area contributed by atoms with Crippen molar-refractivity contribution < 1.29 is 49.0 Å². The van der Waals surface area contributed by atoms with Gasteiger partial charge in [-0.25, -0.2) is 6.08 Å². The van der Waals surface area contributed by atoms with Gasteiger partial charge in [-0.05, 0) is 22.5 Å². The maximum atomic E-state index is 3.64. The second-order valence-electron chi connectivity index (χ2n) is 8.37. The number of rotatable bonds is 1. The van der Waals surface area contributed by atoms with E-state index in [0.29, 0.717) is 11.8 Å². The van der Waals surface area contributed by atoms with E-state index >= 15 is 0 Å². The van der Waals surface area contributed by atoms with Gasteiger partial charge in [0.15, 0.2) is 0 Å². The SMILES string of the molecule is CC(C)(C)C1=Cc2ccccc2C1C1[C-]=Cc2ccccc21.C[C](C)=[Zr+2].[Cl-].[Cl-]. The van der Waals surface area contributed by atoms with Crippen molar-refractivity contribution in [3.8, 4) is 0 Å². The van der Waals surface area contributed by atoms with Crippen molar-refractivity contribution in [2.45, 2.75) is 46.5 Å². The third-order valence-electron chi connectivity index (χ3n) is 4.93. The zero-order valence-electron chi connectivity index (χ0n) is 17.2. The van der Waals surface area contributed by atoms with Gasteiger partial charge < -0.3 is 24.8 Å². The molecule has 0 saturated carbocycles. The Labute approximate surface area is 197 Å². The van der Waals surface area contributed by atoms with Gasteiger partial charge >= 0.3 is 41.3 Å². The van der Waals surface area contributed by atoms with Gasteiger partial charge in [-0.15, -0.1) is 11.6 Å². The Bertz CT molecular complexity index is 883. The van der Waals surface area contributed by atoms with Crippen molar-refractivity contribution in [3.63, 3.8) is 0 Å². The first-order valence-corrected chi connectivity index (χ1v) is 10.5. The zero-order valence-corrected chi connectivity index (χ0v) is 21.2. The van der Waals surface area contributed by atoms with E-state index in [4.69, 9.17) is 0 Å². The van der Waals surface area contributed by atoms with Gasteiger partial charge in [0.05, 0.1) is 0 Å². The fraction of sp³-hybridized carbons (Fsp3) is 0.320. The maximum Gasteiger partial charge on any atom is -1.00 e. The van der Waals surface area contributed by atoms with Crippen molar-refractivity contribution >= 4 is 15.4 Å². The minimum Gasteiger partial charge on any atom is -1.00 e. The number of hydrogen-bond donors (Lipinski definition) is 0. The Kier molecular flexibility index (Phi) is 9.33. The molecule has 0 saturated heterocycles. The smallest absolute Gasteiger partial charge is 1.00 e. The fourth-order valence-electron chi connectivity index (χ4n) is 3.86. The van der Waals surface area contributed by atoms with Crippen molar-refractivity contribution in [2.75, 3.05) is 0 Å². The molecule has 0 radical (unpaired) electrons. The molecule has 4 rings (SSSR count). The third kappa shape index (κ3) is 5.44. The molecule has 2 unspecified atom stereocenters. The monoisotopic (exact) mass is 487 g/mol. The predicted octanol–water partition coefficient (Wildman–Crippen LogP) is 0.580. The van der Waals surface area contributed by atoms with Gasteiger partial charge in [0, 0.05) is 0 Å². The van der Waals surface area contributed by atoms with E-state index in [-0.39, 0.29) is 30.2 Å². The summed E-state index contributed by atoms with van der Waals surface area (Å²) in [6.07, 6.45) is 8.21. The fourth-order valence-corrected chi connectivity index (χ4v) is 3.86. The summed E-state index contributed by atoms with van der Waals surface area (Å²) in [5.41, 5.74) is 7.27. The van der Waals surface area contributed by atoms with Gasteiger partial charge in [-0.3, -0.25) is 6.08 Å². The van der Waals surface area contributed by atoms with Gasteiger partial charge in [0.1, 0.15) is 0 Å². The van der Waals surface area contributed by atoms with Crippen LogP contribution in [0.5, 0.6) is 0 Å². The van der Waals surface area contributed by atoms with E-state index in [1.54, 1.807) is 24.2 Å². The van der Waals surface area contributed by atoms with Gasteiger partial charge in [-0.1, -0.05) is 80.8 Å². The molecule has 0 amide bonds. The average Bonchev–Trinajstić information content (AvgIpc) is 3.14. The van der Waals surface area contributed by atoms with Crippen LogP contribution in [-0.4, -0.2) is 3.21 Å². The van der Waals surface area contributed by atoms with Crippen molar-refractivity contribution in [3.05, 3.63) is 82.4 Å². The van der Waals surface area contributed by atoms with Crippen LogP contribution in [0.3, 0.4) is 0 Å². The van der Waals surface area contributed by atoms with Crippen LogP contribution >= 0.6 is 0 Å². The topological polar surface area (TPSA) is 0 Å². The second kappa shape index (κ2) is 10.3. The Morgan fingerprint density at radius 1 is 0.857 bits per heavy atom. The van der Waals surface area contributed by atoms with E-state index < -0.39 is 0 Å². The Hall–Kier alpha value is -0.747. The molecular formula is C25H27Cl2Zr-. The van der Waals surface area contributed by atoms with Crippen LogP contribution in [0.2, 0.25) is 0 Å². The molecule has 0 fully saturated rings.